The summed E-state index contributed by atoms with van der Waals surface area (Å²) < 4.78 is 5.09. The van der Waals surface area contributed by atoms with Gasteiger partial charge >= 0.3 is 5.97 Å². The summed E-state index contributed by atoms with van der Waals surface area (Å²) in [5.74, 6) is -1.26. The summed E-state index contributed by atoms with van der Waals surface area (Å²) >= 11 is 7.16. The number of benzene rings is 1. The number of carbonyl (C=O) groups is 3. The van der Waals surface area contributed by atoms with Crippen LogP contribution in [0, 0.1) is 11.8 Å². The predicted molar refractivity (Wildman–Crippen MR) is 101 cm³/mol. The molecule has 0 unspecified atom stereocenters. The van der Waals surface area contributed by atoms with Gasteiger partial charge in [0.15, 0.2) is 0 Å². The lowest BCUT2D eigenvalue weighted by Gasteiger charge is -2.29. The Bertz CT molecular complexity index is 663. The Balaban J connectivity index is 1.79. The van der Waals surface area contributed by atoms with Gasteiger partial charge in [0, 0.05) is 9.65 Å². The maximum absolute atomic E-state index is 12.7. The minimum absolute atomic E-state index is 0.153. The molecule has 0 N–H and O–H groups in total. The van der Waals surface area contributed by atoms with E-state index in [-0.39, 0.29) is 33.3 Å². The molecule has 134 valence electrons. The quantitative estimate of drug-likeness (QED) is 0.381. The molecule has 1 aromatic carbocycles. The lowest BCUT2D eigenvalue weighted by Crippen LogP contribution is -2.34. The number of esters is 1. The van der Waals surface area contributed by atoms with E-state index in [2.05, 4.69) is 31.9 Å². The second kappa shape index (κ2) is 7.58. The van der Waals surface area contributed by atoms with Gasteiger partial charge in [0.25, 0.3) is 0 Å². The molecule has 0 bridgehead atoms. The minimum Gasteiger partial charge on any atom is -0.462 e. The van der Waals surface area contributed by atoms with E-state index in [1.807, 2.05) is 6.92 Å². The molecular weight excluding hydrogens is 454 g/mol. The van der Waals surface area contributed by atoms with Crippen LogP contribution in [0.2, 0.25) is 0 Å². The van der Waals surface area contributed by atoms with E-state index in [0.29, 0.717) is 30.7 Å². The standard InChI is InChI=1S/C18H19Br2NO4/c1-2-7-25-18(24)10-3-5-11(6-4-10)21-16(22)12-8-14(19)15(20)9-13(12)17(21)23/h3-6,12-15H,2,7-9H2,1H3/t12-,13-,14-,15+/m1/s1. The second-order valence-corrected chi connectivity index (χ2v) is 8.76. The molecule has 1 aliphatic heterocycles. The van der Waals surface area contributed by atoms with Gasteiger partial charge < -0.3 is 4.74 Å². The molecule has 1 saturated carbocycles. The van der Waals surface area contributed by atoms with E-state index in [0.717, 1.165) is 6.42 Å². The molecule has 5 nitrogen and oxygen atoms in total. The molecule has 7 heteroatoms. The number of anilines is 1. The number of alkyl halides is 2. The highest BCUT2D eigenvalue weighted by Gasteiger charge is 2.52. The zero-order valence-corrected chi connectivity index (χ0v) is 17.0. The van der Waals surface area contributed by atoms with E-state index in [9.17, 15) is 14.4 Å². The van der Waals surface area contributed by atoms with Crippen LogP contribution in [-0.2, 0) is 14.3 Å². The van der Waals surface area contributed by atoms with Gasteiger partial charge in [0.1, 0.15) is 0 Å². The molecule has 0 aromatic heterocycles. The summed E-state index contributed by atoms with van der Waals surface area (Å²) in [6.07, 6.45) is 2.04. The molecule has 0 spiro atoms. The number of fused-ring (bicyclic) bond motifs is 1. The van der Waals surface area contributed by atoms with Crippen LogP contribution in [0.5, 0.6) is 0 Å². The molecule has 1 saturated heterocycles. The molecular formula is C18H19Br2NO4. The molecule has 4 atom stereocenters. The fourth-order valence-corrected chi connectivity index (χ4v) is 4.61. The minimum atomic E-state index is -0.398. The monoisotopic (exact) mass is 471 g/mol. The van der Waals surface area contributed by atoms with Gasteiger partial charge in [-0.1, -0.05) is 38.8 Å². The molecule has 0 radical (unpaired) electrons. The Kier molecular flexibility index (Phi) is 5.63. The number of carbonyl (C=O) groups excluding carboxylic acids is 3. The van der Waals surface area contributed by atoms with Gasteiger partial charge in [-0.2, -0.15) is 0 Å². The van der Waals surface area contributed by atoms with Crippen LogP contribution in [0.1, 0.15) is 36.5 Å². The molecule has 2 fully saturated rings. The zero-order valence-electron chi connectivity index (χ0n) is 13.8. The highest BCUT2D eigenvalue weighted by Crippen LogP contribution is 2.44. The Labute approximate surface area is 163 Å². The first-order valence-electron chi connectivity index (χ1n) is 8.37. The number of hydrogen-bond acceptors (Lipinski definition) is 4. The first kappa shape index (κ1) is 18.6. The second-order valence-electron chi connectivity index (χ2n) is 6.41. The number of amides is 2. The Hall–Kier alpha value is -1.21. The summed E-state index contributed by atoms with van der Waals surface area (Å²) in [6.45, 7) is 2.30. The van der Waals surface area contributed by atoms with Crippen LogP contribution in [-0.4, -0.2) is 34.0 Å². The van der Waals surface area contributed by atoms with Gasteiger partial charge in [0.2, 0.25) is 11.8 Å². The van der Waals surface area contributed by atoms with Gasteiger partial charge in [-0.15, -0.1) is 0 Å². The third-order valence-corrected chi connectivity index (χ3v) is 7.44. The summed E-state index contributed by atoms with van der Waals surface area (Å²) in [5, 5.41) is 0. The van der Waals surface area contributed by atoms with Crippen molar-refractivity contribution < 1.29 is 19.1 Å². The van der Waals surface area contributed by atoms with Crippen molar-refractivity contribution in [2.24, 2.45) is 11.8 Å². The highest BCUT2D eigenvalue weighted by molar-refractivity contribution is 9.12. The maximum Gasteiger partial charge on any atom is 0.338 e. The topological polar surface area (TPSA) is 63.7 Å². The third kappa shape index (κ3) is 3.53. The van der Waals surface area contributed by atoms with E-state index >= 15 is 0 Å². The predicted octanol–water partition coefficient (Wildman–Crippen LogP) is 3.68. The van der Waals surface area contributed by atoms with Crippen molar-refractivity contribution in [2.45, 2.75) is 35.8 Å². The number of ether oxygens (including phenoxy) is 1. The number of nitrogens with zero attached hydrogens (tertiary/aromatic N) is 1. The third-order valence-electron chi connectivity index (χ3n) is 4.71. The Morgan fingerprint density at radius 2 is 1.60 bits per heavy atom. The summed E-state index contributed by atoms with van der Waals surface area (Å²) in [6, 6.07) is 6.45. The number of hydrogen-bond donors (Lipinski definition) is 0. The molecule has 2 amide bonds. The SMILES string of the molecule is CCCOC(=O)c1ccc(N2C(=O)[C@@H]3C[C@@H](Br)[C@@H](Br)C[C@H]3C2=O)cc1. The molecule has 1 aromatic rings. The van der Waals surface area contributed by atoms with Crippen molar-refractivity contribution in [3.8, 4) is 0 Å². The first-order chi connectivity index (χ1) is 11.9. The van der Waals surface area contributed by atoms with Crippen molar-refractivity contribution >= 4 is 55.3 Å². The molecule has 1 aliphatic carbocycles. The lowest BCUT2D eigenvalue weighted by atomic mass is 9.81. The van der Waals surface area contributed by atoms with E-state index < -0.39 is 5.97 Å². The normalized spacial score (nSPS) is 28.8. The van der Waals surface area contributed by atoms with Crippen molar-refractivity contribution in [3.63, 3.8) is 0 Å². The number of imide groups is 1. The van der Waals surface area contributed by atoms with E-state index in [1.165, 1.54) is 4.90 Å². The highest BCUT2D eigenvalue weighted by atomic mass is 79.9. The van der Waals surface area contributed by atoms with E-state index in [4.69, 9.17) is 4.74 Å². The number of rotatable bonds is 4. The average molecular weight is 473 g/mol. The lowest BCUT2D eigenvalue weighted by molar-refractivity contribution is -0.122. The fraction of sp³-hybridized carbons (Fsp3) is 0.500. The Morgan fingerprint density at radius 1 is 1.08 bits per heavy atom. The van der Waals surface area contributed by atoms with Gasteiger partial charge in [-0.3, -0.25) is 14.5 Å². The van der Waals surface area contributed by atoms with Crippen molar-refractivity contribution in [1.29, 1.82) is 0 Å². The van der Waals surface area contributed by atoms with Crippen molar-refractivity contribution in [3.05, 3.63) is 29.8 Å². The molecule has 3 rings (SSSR count). The van der Waals surface area contributed by atoms with E-state index in [1.54, 1.807) is 24.3 Å². The van der Waals surface area contributed by atoms with Crippen LogP contribution < -0.4 is 4.90 Å². The van der Waals surface area contributed by atoms with Crippen molar-refractivity contribution in [1.82, 2.24) is 0 Å². The van der Waals surface area contributed by atoms with Gasteiger partial charge in [0.05, 0.1) is 29.7 Å². The van der Waals surface area contributed by atoms with Crippen LogP contribution >= 0.6 is 31.9 Å². The largest absolute Gasteiger partial charge is 0.462 e. The number of halogens is 2. The smallest absolute Gasteiger partial charge is 0.338 e. The van der Waals surface area contributed by atoms with Crippen LogP contribution in [0.15, 0.2) is 24.3 Å². The summed E-state index contributed by atoms with van der Waals surface area (Å²) in [7, 11) is 0. The maximum atomic E-state index is 12.7. The summed E-state index contributed by atoms with van der Waals surface area (Å²) in [4.78, 5) is 39.0. The Morgan fingerprint density at radius 3 is 2.08 bits per heavy atom. The van der Waals surface area contributed by atoms with Gasteiger partial charge in [-0.25, -0.2) is 4.79 Å². The van der Waals surface area contributed by atoms with Crippen LogP contribution in [0.25, 0.3) is 0 Å². The first-order valence-corrected chi connectivity index (χ1v) is 10.2. The van der Waals surface area contributed by atoms with Crippen molar-refractivity contribution in [2.75, 3.05) is 11.5 Å². The fourth-order valence-electron chi connectivity index (χ4n) is 3.37. The molecule has 1 heterocycles. The molecule has 25 heavy (non-hydrogen) atoms. The average Bonchev–Trinajstić information content (AvgIpc) is 2.84. The van der Waals surface area contributed by atoms with Crippen LogP contribution in [0.4, 0.5) is 5.69 Å². The molecule has 2 aliphatic rings. The zero-order chi connectivity index (χ0) is 18.1. The van der Waals surface area contributed by atoms with Crippen LogP contribution in [0.3, 0.4) is 0 Å². The summed E-state index contributed by atoms with van der Waals surface area (Å²) in [5.41, 5.74) is 0.920. The van der Waals surface area contributed by atoms with Gasteiger partial charge in [-0.05, 0) is 43.5 Å².